The summed E-state index contributed by atoms with van der Waals surface area (Å²) in [7, 11) is 0. The van der Waals surface area contributed by atoms with Crippen molar-refractivity contribution in [3.63, 3.8) is 0 Å². The molecule has 2 heterocycles. The first-order chi connectivity index (χ1) is 8.56. The Morgan fingerprint density at radius 3 is 2.89 bits per heavy atom. The molecule has 8 nitrogen and oxygen atoms in total. The molecule has 8 heteroatoms. The number of carbonyl (C=O) groups is 1. The SMILES string of the molecule is O=C(O)c1nc2c3cc(O)ccc3[nH]c(=O)n2n1. The Bertz CT molecular complexity index is 848. The van der Waals surface area contributed by atoms with Gasteiger partial charge < -0.3 is 15.2 Å². The molecule has 3 rings (SSSR count). The lowest BCUT2D eigenvalue weighted by atomic mass is 10.2. The number of hydrogen-bond donors (Lipinski definition) is 3. The number of aromatic nitrogens is 4. The Morgan fingerprint density at radius 1 is 1.39 bits per heavy atom. The molecule has 0 aliphatic heterocycles. The number of nitrogens with one attached hydrogen (secondary N) is 1. The Balaban J connectivity index is 2.55. The van der Waals surface area contributed by atoms with Gasteiger partial charge in [-0.3, -0.25) is 0 Å². The maximum absolute atomic E-state index is 11.7. The van der Waals surface area contributed by atoms with Gasteiger partial charge >= 0.3 is 11.7 Å². The van der Waals surface area contributed by atoms with E-state index in [4.69, 9.17) is 5.11 Å². The normalized spacial score (nSPS) is 11.1. The van der Waals surface area contributed by atoms with Gasteiger partial charge in [-0.05, 0) is 18.2 Å². The topological polar surface area (TPSA) is 121 Å². The maximum atomic E-state index is 11.7. The van der Waals surface area contributed by atoms with Crippen molar-refractivity contribution in [3.8, 4) is 5.75 Å². The smallest absolute Gasteiger partial charge is 0.375 e. The molecule has 0 aliphatic rings. The average Bonchev–Trinajstić information content (AvgIpc) is 2.76. The second kappa shape index (κ2) is 3.29. The summed E-state index contributed by atoms with van der Waals surface area (Å²) in [4.78, 5) is 28.7. The molecule has 0 radical (unpaired) electrons. The molecule has 3 aromatic rings. The minimum Gasteiger partial charge on any atom is -0.508 e. The van der Waals surface area contributed by atoms with Crippen molar-refractivity contribution in [3.05, 3.63) is 34.5 Å². The van der Waals surface area contributed by atoms with Crippen LogP contribution in [-0.4, -0.2) is 35.8 Å². The van der Waals surface area contributed by atoms with Crippen molar-refractivity contribution in [2.24, 2.45) is 0 Å². The number of aromatic hydroxyl groups is 1. The molecule has 0 bridgehead atoms. The molecule has 3 N–H and O–H groups in total. The average molecular weight is 246 g/mol. The summed E-state index contributed by atoms with van der Waals surface area (Å²) in [5.41, 5.74) is -0.0696. The van der Waals surface area contributed by atoms with Crippen LogP contribution < -0.4 is 5.69 Å². The highest BCUT2D eigenvalue weighted by molar-refractivity contribution is 5.93. The number of carboxylic acids is 1. The van der Waals surface area contributed by atoms with E-state index in [9.17, 15) is 14.7 Å². The van der Waals surface area contributed by atoms with E-state index in [-0.39, 0.29) is 11.4 Å². The lowest BCUT2D eigenvalue weighted by Crippen LogP contribution is -2.17. The number of nitrogens with zero attached hydrogens (tertiary/aromatic N) is 3. The summed E-state index contributed by atoms with van der Waals surface area (Å²) in [5.74, 6) is -1.82. The molecule has 0 atom stereocenters. The van der Waals surface area contributed by atoms with E-state index < -0.39 is 17.5 Å². The van der Waals surface area contributed by atoms with Gasteiger partial charge in [0.2, 0.25) is 0 Å². The number of fused-ring (bicyclic) bond motifs is 3. The van der Waals surface area contributed by atoms with Gasteiger partial charge in [0.25, 0.3) is 5.82 Å². The van der Waals surface area contributed by atoms with E-state index in [1.807, 2.05) is 0 Å². The summed E-state index contributed by atoms with van der Waals surface area (Å²) in [5, 5.41) is 22.2. The third-order valence-corrected chi connectivity index (χ3v) is 2.48. The van der Waals surface area contributed by atoms with Crippen LogP contribution in [0.25, 0.3) is 16.6 Å². The summed E-state index contributed by atoms with van der Waals surface area (Å²) in [6.07, 6.45) is 0. The zero-order chi connectivity index (χ0) is 12.9. The molecule has 0 saturated carbocycles. The van der Waals surface area contributed by atoms with Gasteiger partial charge in [0.05, 0.1) is 5.52 Å². The number of benzene rings is 1. The van der Waals surface area contributed by atoms with Gasteiger partial charge in [0, 0.05) is 5.39 Å². The second-order valence-electron chi connectivity index (χ2n) is 3.64. The fraction of sp³-hybridized carbons (Fsp3) is 0. The van der Waals surface area contributed by atoms with Crippen LogP contribution in [0.5, 0.6) is 5.75 Å². The second-order valence-corrected chi connectivity index (χ2v) is 3.64. The standard InChI is InChI=1S/C10H6N4O4/c15-4-1-2-6-5(3-4)8-12-7(9(16)17)13-14(8)10(18)11-6/h1-3,15H,(H,11,18)(H,16,17). The Morgan fingerprint density at radius 2 is 2.17 bits per heavy atom. The highest BCUT2D eigenvalue weighted by atomic mass is 16.4. The molecule has 90 valence electrons. The van der Waals surface area contributed by atoms with Gasteiger partial charge in [-0.1, -0.05) is 0 Å². The molecule has 0 saturated heterocycles. The molecule has 0 aliphatic carbocycles. The van der Waals surface area contributed by atoms with Gasteiger partial charge in [-0.25, -0.2) is 14.6 Å². The van der Waals surface area contributed by atoms with Crippen LogP contribution in [-0.2, 0) is 0 Å². The van der Waals surface area contributed by atoms with E-state index >= 15 is 0 Å². The van der Waals surface area contributed by atoms with E-state index in [0.29, 0.717) is 10.9 Å². The summed E-state index contributed by atoms with van der Waals surface area (Å²) < 4.78 is 0.852. The molecular weight excluding hydrogens is 240 g/mol. The van der Waals surface area contributed by atoms with Crippen LogP contribution in [0, 0.1) is 0 Å². The van der Waals surface area contributed by atoms with Crippen LogP contribution in [0.15, 0.2) is 23.0 Å². The lowest BCUT2D eigenvalue weighted by molar-refractivity contribution is 0.0684. The number of H-pyrrole nitrogens is 1. The highest BCUT2D eigenvalue weighted by Crippen LogP contribution is 2.20. The molecular formula is C10H6N4O4. The van der Waals surface area contributed by atoms with E-state index in [2.05, 4.69) is 15.1 Å². The Hall–Kier alpha value is -2.90. The van der Waals surface area contributed by atoms with Gasteiger partial charge in [0.15, 0.2) is 5.65 Å². The maximum Gasteiger partial charge on any atom is 0.375 e. The Labute approximate surface area is 98.1 Å². The van der Waals surface area contributed by atoms with Crippen molar-refractivity contribution in [2.45, 2.75) is 0 Å². The quantitative estimate of drug-likeness (QED) is 0.554. The number of phenolic OH excluding ortho intramolecular Hbond substituents is 1. The third kappa shape index (κ3) is 1.32. The van der Waals surface area contributed by atoms with E-state index in [1.54, 1.807) is 0 Å². The number of hydrogen-bond acceptors (Lipinski definition) is 5. The first-order valence-electron chi connectivity index (χ1n) is 4.91. The number of aromatic amines is 1. The lowest BCUT2D eigenvalue weighted by Gasteiger charge is -1.99. The highest BCUT2D eigenvalue weighted by Gasteiger charge is 2.15. The van der Waals surface area contributed by atoms with Crippen molar-refractivity contribution >= 4 is 22.5 Å². The van der Waals surface area contributed by atoms with E-state index in [0.717, 1.165) is 4.52 Å². The van der Waals surface area contributed by atoms with Crippen LogP contribution in [0.4, 0.5) is 0 Å². The number of carboxylic acid groups (broad SMARTS) is 1. The van der Waals surface area contributed by atoms with Crippen molar-refractivity contribution < 1.29 is 15.0 Å². The largest absolute Gasteiger partial charge is 0.508 e. The first kappa shape index (κ1) is 10.3. The summed E-state index contributed by atoms with van der Waals surface area (Å²) in [6.45, 7) is 0. The monoisotopic (exact) mass is 246 g/mol. The third-order valence-electron chi connectivity index (χ3n) is 2.48. The number of phenols is 1. The predicted octanol–water partition coefficient (Wildman–Crippen LogP) is -0.0254. The molecule has 0 fully saturated rings. The van der Waals surface area contributed by atoms with Crippen molar-refractivity contribution in [1.29, 1.82) is 0 Å². The van der Waals surface area contributed by atoms with Gasteiger partial charge in [0.1, 0.15) is 5.75 Å². The molecule has 1 aromatic carbocycles. The molecule has 0 unspecified atom stereocenters. The fourth-order valence-electron chi connectivity index (χ4n) is 1.71. The minimum atomic E-state index is -1.33. The Kier molecular flexibility index (Phi) is 1.88. The number of rotatable bonds is 1. The van der Waals surface area contributed by atoms with E-state index in [1.165, 1.54) is 18.2 Å². The summed E-state index contributed by atoms with van der Waals surface area (Å²) in [6, 6.07) is 4.28. The fourth-order valence-corrected chi connectivity index (χ4v) is 1.71. The molecule has 0 spiro atoms. The van der Waals surface area contributed by atoms with Crippen LogP contribution in [0.2, 0.25) is 0 Å². The summed E-state index contributed by atoms with van der Waals surface area (Å²) >= 11 is 0. The minimum absolute atomic E-state index is 0.0173. The number of aromatic carboxylic acids is 1. The zero-order valence-corrected chi connectivity index (χ0v) is 8.78. The molecule has 2 aromatic heterocycles. The molecule has 0 amide bonds. The van der Waals surface area contributed by atoms with Crippen LogP contribution >= 0.6 is 0 Å². The predicted molar refractivity (Wildman–Crippen MR) is 59.7 cm³/mol. The van der Waals surface area contributed by atoms with Gasteiger partial charge in [-0.15, -0.1) is 5.10 Å². The van der Waals surface area contributed by atoms with Crippen molar-refractivity contribution in [2.75, 3.05) is 0 Å². The van der Waals surface area contributed by atoms with Crippen LogP contribution in [0.1, 0.15) is 10.6 Å². The zero-order valence-electron chi connectivity index (χ0n) is 8.78. The van der Waals surface area contributed by atoms with Gasteiger partial charge in [-0.2, -0.15) is 4.52 Å². The van der Waals surface area contributed by atoms with Crippen molar-refractivity contribution in [1.82, 2.24) is 19.6 Å². The molecule has 18 heavy (non-hydrogen) atoms. The van der Waals surface area contributed by atoms with Crippen LogP contribution in [0.3, 0.4) is 0 Å². The first-order valence-corrected chi connectivity index (χ1v) is 4.91.